The van der Waals surface area contributed by atoms with Crippen LogP contribution in [-0.4, -0.2) is 59.9 Å². The Morgan fingerprint density at radius 3 is 1.04 bits per heavy atom. The van der Waals surface area contributed by atoms with Gasteiger partial charge >= 0.3 is 0 Å². The van der Waals surface area contributed by atoms with Crippen LogP contribution in [0.25, 0.3) is 0 Å². The topological polar surface area (TPSA) is 151 Å². The minimum absolute atomic E-state index is 0.0922. The van der Waals surface area contributed by atoms with Crippen molar-refractivity contribution in [2.75, 3.05) is 6.54 Å². The van der Waals surface area contributed by atoms with E-state index < -0.39 is 29.9 Å². The molecule has 0 saturated carbocycles. The quantitative estimate of drug-likeness (QED) is 0.0454. The van der Waals surface area contributed by atoms with Crippen molar-refractivity contribution in [3.05, 3.63) is 0 Å². The average Bonchev–Trinajstić information content (AvgIpc) is 3.16. The molecule has 4 N–H and O–H groups in total. The summed E-state index contributed by atoms with van der Waals surface area (Å²) in [5.74, 6) is -1.49. The third-order valence-electron chi connectivity index (χ3n) is 10.7. The third-order valence-corrected chi connectivity index (χ3v) is 10.7. The lowest BCUT2D eigenvalue weighted by molar-refractivity contribution is -0.134. The Hall–Kier alpha value is -2.78. The van der Waals surface area contributed by atoms with E-state index in [-0.39, 0.29) is 36.3 Å². The Morgan fingerprint density at radius 2 is 0.679 bits per heavy atom. The largest absolute Gasteiger partial charge is 0.347 e. The standard InChI is InChI=1S/C46H86N4O6/c1-6-9-12-15-18-21-24-27-33-40(44(54)47-37-39(5)52)49-46(56)42(35-29-26-23-20-17-14-11-8-3)50-45(55)41(34-28-25-22-19-16-13-10-7-2)48-43(53)36-31-30-32-38(4)51/h40-42H,6-37H2,1-5H3,(H,47,54)(H,48,53)(H,49,56)(H,50,55). The highest BCUT2D eigenvalue weighted by molar-refractivity contribution is 5.95. The maximum Gasteiger partial charge on any atom is 0.243 e. The maximum absolute atomic E-state index is 14.0. The smallest absolute Gasteiger partial charge is 0.243 e. The Kier molecular flexibility index (Phi) is 35.9. The summed E-state index contributed by atoms with van der Waals surface area (Å²) in [5, 5.41) is 11.6. The first-order valence-corrected chi connectivity index (χ1v) is 23.2. The Bertz CT molecular complexity index is 1050. The van der Waals surface area contributed by atoms with Crippen LogP contribution in [0.2, 0.25) is 0 Å². The molecule has 0 aliphatic carbocycles. The summed E-state index contributed by atoms with van der Waals surface area (Å²) in [4.78, 5) is 77.3. The van der Waals surface area contributed by atoms with Gasteiger partial charge in [0, 0.05) is 12.8 Å². The summed E-state index contributed by atoms with van der Waals surface area (Å²) < 4.78 is 0. The van der Waals surface area contributed by atoms with Gasteiger partial charge in [0.2, 0.25) is 23.6 Å². The molecule has 0 rings (SSSR count). The van der Waals surface area contributed by atoms with Gasteiger partial charge < -0.3 is 26.1 Å². The molecule has 56 heavy (non-hydrogen) atoms. The van der Waals surface area contributed by atoms with Gasteiger partial charge in [-0.2, -0.15) is 0 Å². The molecule has 4 amide bonds. The zero-order valence-corrected chi connectivity index (χ0v) is 36.8. The number of hydrogen-bond acceptors (Lipinski definition) is 6. The summed E-state index contributed by atoms with van der Waals surface area (Å²) in [6.45, 7) is 9.47. The maximum atomic E-state index is 14.0. The van der Waals surface area contributed by atoms with E-state index in [1.54, 1.807) is 6.92 Å². The van der Waals surface area contributed by atoms with Crippen molar-refractivity contribution in [3.63, 3.8) is 0 Å². The summed E-state index contributed by atoms with van der Waals surface area (Å²) in [6.07, 6.45) is 29.6. The second kappa shape index (κ2) is 37.8. The number of rotatable bonds is 40. The first kappa shape index (κ1) is 53.2. The number of amides is 4. The van der Waals surface area contributed by atoms with Gasteiger partial charge in [-0.1, -0.05) is 175 Å². The van der Waals surface area contributed by atoms with Crippen molar-refractivity contribution in [1.82, 2.24) is 21.3 Å². The Morgan fingerprint density at radius 1 is 0.357 bits per heavy atom. The first-order chi connectivity index (χ1) is 27.0. The van der Waals surface area contributed by atoms with Crippen molar-refractivity contribution in [2.45, 2.75) is 252 Å². The summed E-state index contributed by atoms with van der Waals surface area (Å²) in [5.41, 5.74) is 0. The van der Waals surface area contributed by atoms with Gasteiger partial charge in [0.15, 0.2) is 0 Å². The molecule has 3 unspecified atom stereocenters. The predicted octanol–water partition coefficient (Wildman–Crippen LogP) is 9.89. The second-order valence-electron chi connectivity index (χ2n) is 16.4. The molecule has 0 aromatic rings. The lowest BCUT2D eigenvalue weighted by Gasteiger charge is -2.25. The number of unbranched alkanes of at least 4 members (excludes halogenated alkanes) is 22. The zero-order chi connectivity index (χ0) is 41.7. The molecule has 0 saturated heterocycles. The number of ketones is 2. The SMILES string of the molecule is CCCCCCCCCCC(NC(=O)CCCCC(C)=O)C(=O)NC(CCCCCCCCCC)C(=O)NC(CCCCCCCCCC)C(=O)NCC(C)=O. The predicted molar refractivity (Wildman–Crippen MR) is 230 cm³/mol. The van der Waals surface area contributed by atoms with Crippen LogP contribution in [0.1, 0.15) is 234 Å². The molecule has 10 heteroatoms. The van der Waals surface area contributed by atoms with Crippen molar-refractivity contribution >= 4 is 35.2 Å². The van der Waals surface area contributed by atoms with Crippen molar-refractivity contribution in [1.29, 1.82) is 0 Å². The number of Topliss-reactive ketones (excluding diaryl/α,β-unsaturated/α-hetero) is 2. The van der Waals surface area contributed by atoms with Crippen LogP contribution >= 0.6 is 0 Å². The zero-order valence-electron chi connectivity index (χ0n) is 36.8. The molecule has 10 nitrogen and oxygen atoms in total. The van der Waals surface area contributed by atoms with Crippen molar-refractivity contribution in [2.24, 2.45) is 0 Å². The van der Waals surface area contributed by atoms with Gasteiger partial charge in [0.1, 0.15) is 29.7 Å². The van der Waals surface area contributed by atoms with E-state index in [4.69, 9.17) is 0 Å². The van der Waals surface area contributed by atoms with Gasteiger partial charge in [0.05, 0.1) is 6.54 Å². The van der Waals surface area contributed by atoms with E-state index in [0.717, 1.165) is 77.0 Å². The monoisotopic (exact) mass is 791 g/mol. The fraction of sp³-hybridized carbons (Fsp3) is 0.870. The number of carbonyl (C=O) groups excluding carboxylic acids is 6. The van der Waals surface area contributed by atoms with Gasteiger partial charge in [0.25, 0.3) is 0 Å². The normalized spacial score (nSPS) is 12.7. The van der Waals surface area contributed by atoms with Crippen molar-refractivity contribution < 1.29 is 28.8 Å². The minimum atomic E-state index is -0.863. The molecule has 0 aliphatic heterocycles. The van der Waals surface area contributed by atoms with E-state index in [1.165, 1.54) is 84.0 Å². The molecule has 3 atom stereocenters. The molecule has 0 bridgehead atoms. The van der Waals surface area contributed by atoms with Crippen LogP contribution in [0, 0.1) is 0 Å². The molecular weight excluding hydrogens is 705 g/mol. The Labute approximate surface area is 342 Å². The van der Waals surface area contributed by atoms with Crippen LogP contribution in [0.15, 0.2) is 0 Å². The molecule has 326 valence electrons. The lowest BCUT2D eigenvalue weighted by Crippen LogP contribution is -2.56. The number of nitrogens with one attached hydrogen (secondary N) is 4. The molecule has 0 aromatic carbocycles. The van der Waals surface area contributed by atoms with Gasteiger partial charge in [-0.25, -0.2) is 0 Å². The summed E-state index contributed by atoms with van der Waals surface area (Å²) >= 11 is 0. The number of hydrogen-bond donors (Lipinski definition) is 4. The highest BCUT2D eigenvalue weighted by Crippen LogP contribution is 2.15. The van der Waals surface area contributed by atoms with Crippen LogP contribution in [0.5, 0.6) is 0 Å². The molecule has 0 heterocycles. The highest BCUT2D eigenvalue weighted by Gasteiger charge is 2.29. The van der Waals surface area contributed by atoms with Gasteiger partial charge in [-0.05, 0) is 46.0 Å². The molecular formula is C46H86N4O6. The van der Waals surface area contributed by atoms with E-state index in [0.29, 0.717) is 38.5 Å². The van der Waals surface area contributed by atoms with E-state index >= 15 is 0 Å². The van der Waals surface area contributed by atoms with Crippen LogP contribution < -0.4 is 21.3 Å². The molecule has 0 spiro atoms. The van der Waals surface area contributed by atoms with E-state index in [2.05, 4.69) is 42.0 Å². The van der Waals surface area contributed by atoms with E-state index in [1.807, 2.05) is 0 Å². The average molecular weight is 791 g/mol. The fourth-order valence-electron chi connectivity index (χ4n) is 7.06. The second-order valence-corrected chi connectivity index (χ2v) is 16.4. The van der Waals surface area contributed by atoms with Gasteiger partial charge in [-0.3, -0.25) is 24.0 Å². The first-order valence-electron chi connectivity index (χ1n) is 23.2. The molecule has 0 aliphatic rings. The van der Waals surface area contributed by atoms with Crippen LogP contribution in [0.3, 0.4) is 0 Å². The van der Waals surface area contributed by atoms with Crippen LogP contribution in [-0.2, 0) is 28.8 Å². The fourth-order valence-corrected chi connectivity index (χ4v) is 7.06. The molecule has 0 fully saturated rings. The van der Waals surface area contributed by atoms with Crippen molar-refractivity contribution in [3.8, 4) is 0 Å². The number of carbonyl (C=O) groups is 6. The lowest BCUT2D eigenvalue weighted by atomic mass is 10.0. The molecule has 0 aromatic heterocycles. The Balaban J connectivity index is 5.83. The van der Waals surface area contributed by atoms with Gasteiger partial charge in [-0.15, -0.1) is 0 Å². The minimum Gasteiger partial charge on any atom is -0.347 e. The third kappa shape index (κ3) is 32.3. The summed E-state index contributed by atoms with van der Waals surface area (Å²) in [7, 11) is 0. The summed E-state index contributed by atoms with van der Waals surface area (Å²) in [6, 6.07) is -2.46. The van der Waals surface area contributed by atoms with Crippen LogP contribution in [0.4, 0.5) is 0 Å². The van der Waals surface area contributed by atoms with E-state index in [9.17, 15) is 28.8 Å². The highest BCUT2D eigenvalue weighted by atomic mass is 16.2. The molecule has 0 radical (unpaired) electrons.